The minimum absolute atomic E-state index is 0. The van der Waals surface area contributed by atoms with Crippen LogP contribution in [0.25, 0.3) is 0 Å². The van der Waals surface area contributed by atoms with Crippen LogP contribution in [-0.2, 0) is 21.8 Å². The van der Waals surface area contributed by atoms with Gasteiger partial charge < -0.3 is 10.8 Å². The van der Waals surface area contributed by atoms with Gasteiger partial charge in [-0.1, -0.05) is 26.8 Å². The van der Waals surface area contributed by atoms with Crippen molar-refractivity contribution in [1.29, 1.82) is 0 Å². The van der Waals surface area contributed by atoms with E-state index in [1.807, 2.05) is 20.8 Å². The number of rotatable bonds is 3. The van der Waals surface area contributed by atoms with Gasteiger partial charge >= 0.3 is 0 Å². The van der Waals surface area contributed by atoms with Crippen molar-refractivity contribution in [2.24, 2.45) is 5.73 Å². The summed E-state index contributed by atoms with van der Waals surface area (Å²) in [6.07, 6.45) is 0. The summed E-state index contributed by atoms with van der Waals surface area (Å²) < 4.78 is 23.7. The van der Waals surface area contributed by atoms with Crippen molar-refractivity contribution in [1.82, 2.24) is 0 Å². The quantitative estimate of drug-likeness (QED) is 0.836. The molecule has 0 fully saturated rings. The molecule has 0 bridgehead atoms. The fraction of sp³-hybridized carbons (Fsp3) is 0.500. The number of benzene rings is 1. The van der Waals surface area contributed by atoms with Crippen LogP contribution in [0.1, 0.15) is 31.9 Å². The number of hydrogen-bond acceptors (Lipinski definition) is 4. The molecule has 7 heteroatoms. The maximum atomic E-state index is 11.8. The van der Waals surface area contributed by atoms with Crippen LogP contribution < -0.4 is 5.73 Å². The molecule has 1 rings (SSSR count). The molecule has 0 unspecified atom stereocenters. The molecule has 0 atom stereocenters. The highest BCUT2D eigenvalue weighted by Crippen LogP contribution is 2.34. The first-order valence-electron chi connectivity index (χ1n) is 5.48. The predicted octanol–water partition coefficient (Wildman–Crippen LogP) is 2.54. The Balaban J connectivity index is 0.00000324. The summed E-state index contributed by atoms with van der Waals surface area (Å²) in [5.74, 6) is -0.300. The Labute approximate surface area is 125 Å². The smallest absolute Gasteiger partial charge is 0.195 e. The van der Waals surface area contributed by atoms with E-state index in [-0.39, 0.29) is 35.0 Å². The summed E-state index contributed by atoms with van der Waals surface area (Å²) in [6.45, 7) is 5.94. The van der Waals surface area contributed by atoms with Crippen LogP contribution in [0.2, 0.25) is 0 Å². The number of nitrogens with two attached hydrogens (primary N) is 1. The van der Waals surface area contributed by atoms with Crippen LogP contribution in [0.4, 0.5) is 0 Å². The van der Waals surface area contributed by atoms with E-state index in [9.17, 15) is 13.5 Å². The van der Waals surface area contributed by atoms with Gasteiger partial charge in [0.15, 0.2) is 9.84 Å². The monoisotopic (exact) mass is 327 g/mol. The Bertz CT molecular complexity index is 551. The highest BCUT2D eigenvalue weighted by atomic mass is 35.5. The van der Waals surface area contributed by atoms with Crippen molar-refractivity contribution in [2.75, 3.05) is 5.21 Å². The van der Waals surface area contributed by atoms with Crippen LogP contribution >= 0.6 is 24.0 Å². The van der Waals surface area contributed by atoms with Gasteiger partial charge in [0.2, 0.25) is 0 Å². The van der Waals surface area contributed by atoms with E-state index in [1.54, 1.807) is 6.07 Å². The first kappa shape index (κ1) is 18.5. The SMILES string of the molecule is CC(C)(C)c1cc(CN)c(O)c(S(=O)(=O)CCl)c1.Cl. The van der Waals surface area contributed by atoms with Crippen molar-refractivity contribution in [3.8, 4) is 5.75 Å². The largest absolute Gasteiger partial charge is 0.506 e. The van der Waals surface area contributed by atoms with Crippen molar-refractivity contribution in [3.63, 3.8) is 0 Å². The van der Waals surface area contributed by atoms with E-state index < -0.39 is 15.0 Å². The fourth-order valence-electron chi connectivity index (χ4n) is 1.55. The number of hydrogen-bond donors (Lipinski definition) is 2. The molecule has 110 valence electrons. The maximum Gasteiger partial charge on any atom is 0.195 e. The fourth-order valence-corrected chi connectivity index (χ4v) is 2.75. The van der Waals surface area contributed by atoms with E-state index in [1.165, 1.54) is 6.07 Å². The lowest BCUT2D eigenvalue weighted by Crippen LogP contribution is -2.15. The van der Waals surface area contributed by atoms with Crippen molar-refractivity contribution < 1.29 is 13.5 Å². The van der Waals surface area contributed by atoms with Crippen molar-refractivity contribution in [2.45, 2.75) is 37.6 Å². The Morgan fingerprint density at radius 2 is 1.84 bits per heavy atom. The number of phenolic OH excluding ortho intramolecular Hbond substituents is 1. The molecule has 0 aliphatic rings. The van der Waals surface area contributed by atoms with E-state index in [0.29, 0.717) is 5.56 Å². The molecule has 0 aromatic heterocycles. The van der Waals surface area contributed by atoms with Gasteiger partial charge in [0.1, 0.15) is 15.9 Å². The van der Waals surface area contributed by atoms with Crippen LogP contribution in [0.3, 0.4) is 0 Å². The van der Waals surface area contributed by atoms with E-state index >= 15 is 0 Å². The molecule has 0 saturated carbocycles. The lowest BCUT2D eigenvalue weighted by molar-refractivity contribution is 0.450. The van der Waals surface area contributed by atoms with Gasteiger partial charge in [-0.15, -0.1) is 24.0 Å². The third-order valence-corrected chi connectivity index (χ3v) is 4.85. The van der Waals surface area contributed by atoms with Gasteiger partial charge in [0, 0.05) is 12.1 Å². The molecule has 0 aliphatic carbocycles. The van der Waals surface area contributed by atoms with Gasteiger partial charge in [0.25, 0.3) is 0 Å². The number of halogens is 2. The molecule has 0 saturated heterocycles. The average molecular weight is 328 g/mol. The molecular weight excluding hydrogens is 309 g/mol. The summed E-state index contributed by atoms with van der Waals surface area (Å²) in [5.41, 5.74) is 6.49. The zero-order valence-corrected chi connectivity index (χ0v) is 13.5. The lowest BCUT2D eigenvalue weighted by atomic mass is 9.86. The topological polar surface area (TPSA) is 80.4 Å². The molecule has 0 heterocycles. The minimum Gasteiger partial charge on any atom is -0.506 e. The zero-order valence-electron chi connectivity index (χ0n) is 11.1. The van der Waals surface area contributed by atoms with Crippen LogP contribution in [-0.4, -0.2) is 18.7 Å². The molecule has 3 N–H and O–H groups in total. The summed E-state index contributed by atoms with van der Waals surface area (Å²) >= 11 is 5.43. The first-order chi connectivity index (χ1) is 8.13. The third-order valence-electron chi connectivity index (χ3n) is 2.72. The van der Waals surface area contributed by atoms with Gasteiger partial charge in [0.05, 0.1) is 0 Å². The molecule has 1 aromatic carbocycles. The molecule has 1 aromatic rings. The second kappa shape index (κ2) is 6.31. The average Bonchev–Trinajstić information content (AvgIpc) is 2.27. The van der Waals surface area contributed by atoms with E-state index in [4.69, 9.17) is 17.3 Å². The van der Waals surface area contributed by atoms with Gasteiger partial charge in [-0.3, -0.25) is 0 Å². The van der Waals surface area contributed by atoms with Crippen LogP contribution in [0.5, 0.6) is 5.75 Å². The predicted molar refractivity (Wildman–Crippen MR) is 79.9 cm³/mol. The van der Waals surface area contributed by atoms with Gasteiger partial charge in [-0.2, -0.15) is 0 Å². The molecule has 0 amide bonds. The second-order valence-electron chi connectivity index (χ2n) is 5.16. The maximum absolute atomic E-state index is 11.8. The van der Waals surface area contributed by atoms with Crippen molar-refractivity contribution in [3.05, 3.63) is 23.3 Å². The van der Waals surface area contributed by atoms with E-state index in [0.717, 1.165) is 5.56 Å². The number of aromatic hydroxyl groups is 1. The minimum atomic E-state index is -3.68. The Morgan fingerprint density at radius 3 is 2.21 bits per heavy atom. The second-order valence-corrected chi connectivity index (χ2v) is 7.70. The standard InChI is InChI=1S/C12H18ClNO3S.ClH/c1-12(2,3)9-4-8(6-14)11(15)10(5-9)18(16,17)7-13;/h4-5,15H,6-7,14H2,1-3H3;1H. The Hall–Kier alpha value is -0.490. The molecule has 0 radical (unpaired) electrons. The van der Waals surface area contributed by atoms with Gasteiger partial charge in [-0.25, -0.2) is 8.42 Å². The van der Waals surface area contributed by atoms with Gasteiger partial charge in [-0.05, 0) is 17.0 Å². The Morgan fingerprint density at radius 1 is 1.32 bits per heavy atom. The Kier molecular flexibility index (Phi) is 6.14. The highest BCUT2D eigenvalue weighted by Gasteiger charge is 2.24. The number of phenols is 1. The molecule has 4 nitrogen and oxygen atoms in total. The number of sulfone groups is 1. The van der Waals surface area contributed by atoms with Crippen LogP contribution in [0, 0.1) is 0 Å². The summed E-state index contributed by atoms with van der Waals surface area (Å²) in [6, 6.07) is 3.19. The molecule has 0 spiro atoms. The van der Waals surface area contributed by atoms with Crippen molar-refractivity contribution >= 4 is 33.8 Å². The summed E-state index contributed by atoms with van der Waals surface area (Å²) in [5, 5.41) is 9.36. The molecular formula is C12H19Cl2NO3S. The molecule has 0 aliphatic heterocycles. The van der Waals surface area contributed by atoms with E-state index in [2.05, 4.69) is 0 Å². The third kappa shape index (κ3) is 3.99. The molecule has 19 heavy (non-hydrogen) atoms. The highest BCUT2D eigenvalue weighted by molar-refractivity contribution is 7.92. The normalized spacial score (nSPS) is 12.1. The zero-order chi connectivity index (χ0) is 14.1. The summed E-state index contributed by atoms with van der Waals surface area (Å²) in [4.78, 5) is -0.148. The summed E-state index contributed by atoms with van der Waals surface area (Å²) in [7, 11) is -3.68. The number of alkyl halides is 1. The first-order valence-corrected chi connectivity index (χ1v) is 7.67. The lowest BCUT2D eigenvalue weighted by Gasteiger charge is -2.22. The van der Waals surface area contributed by atoms with Crippen LogP contribution in [0.15, 0.2) is 17.0 Å².